The summed E-state index contributed by atoms with van der Waals surface area (Å²) in [4.78, 5) is 0. The molecular formula is C23H27NO. The number of para-hydroxylation sites is 1. The predicted octanol–water partition coefficient (Wildman–Crippen LogP) is 5.86. The Kier molecular flexibility index (Phi) is 4.29. The van der Waals surface area contributed by atoms with Crippen LogP contribution in [0, 0.1) is 18.8 Å². The van der Waals surface area contributed by atoms with Crippen LogP contribution in [0.5, 0.6) is 5.75 Å². The summed E-state index contributed by atoms with van der Waals surface area (Å²) in [6, 6.07) is 15.7. The number of benzene rings is 2. The van der Waals surface area contributed by atoms with Crippen LogP contribution in [0.2, 0.25) is 0 Å². The Morgan fingerprint density at radius 1 is 1.16 bits per heavy atom. The van der Waals surface area contributed by atoms with Gasteiger partial charge in [0.15, 0.2) is 0 Å². The third-order valence-electron chi connectivity index (χ3n) is 5.33. The first-order valence-electron chi connectivity index (χ1n) is 9.39. The van der Waals surface area contributed by atoms with Crippen LogP contribution in [0.1, 0.15) is 48.9 Å². The number of ether oxygens (including phenoxy) is 1. The Morgan fingerprint density at radius 2 is 2.00 bits per heavy atom. The van der Waals surface area contributed by atoms with Gasteiger partial charge in [0.05, 0.1) is 18.3 Å². The van der Waals surface area contributed by atoms with Crippen LogP contribution in [0.15, 0.2) is 54.6 Å². The maximum absolute atomic E-state index is 6.14. The van der Waals surface area contributed by atoms with Gasteiger partial charge in [0.1, 0.15) is 5.75 Å². The Morgan fingerprint density at radius 3 is 2.80 bits per heavy atom. The van der Waals surface area contributed by atoms with Crippen molar-refractivity contribution in [2.45, 2.75) is 39.2 Å². The average Bonchev–Trinajstić information content (AvgIpc) is 3.09. The SMILES string of the molecule is Cc1cccc(C2Nc3c(OCC(C)C)cccc3C3C=CCC32)c1. The summed E-state index contributed by atoms with van der Waals surface area (Å²) >= 11 is 0. The molecule has 1 aliphatic carbocycles. The molecule has 130 valence electrons. The van der Waals surface area contributed by atoms with Crippen molar-refractivity contribution in [1.29, 1.82) is 0 Å². The van der Waals surface area contributed by atoms with Gasteiger partial charge in [0.2, 0.25) is 0 Å². The molecule has 25 heavy (non-hydrogen) atoms. The van der Waals surface area contributed by atoms with Crippen molar-refractivity contribution in [3.8, 4) is 5.75 Å². The highest BCUT2D eigenvalue weighted by Gasteiger charge is 2.38. The Balaban J connectivity index is 1.74. The van der Waals surface area contributed by atoms with Gasteiger partial charge in [0, 0.05) is 5.92 Å². The van der Waals surface area contributed by atoms with Gasteiger partial charge in [-0.05, 0) is 42.4 Å². The molecule has 3 unspecified atom stereocenters. The number of hydrogen-bond acceptors (Lipinski definition) is 2. The summed E-state index contributed by atoms with van der Waals surface area (Å²) in [6.45, 7) is 7.29. The van der Waals surface area contributed by atoms with Crippen LogP contribution in [0.4, 0.5) is 5.69 Å². The molecule has 2 nitrogen and oxygen atoms in total. The van der Waals surface area contributed by atoms with Crippen LogP contribution in [-0.2, 0) is 0 Å². The molecule has 2 aromatic carbocycles. The minimum Gasteiger partial charge on any atom is -0.491 e. The number of nitrogens with one attached hydrogen (secondary N) is 1. The van der Waals surface area contributed by atoms with Gasteiger partial charge in [-0.15, -0.1) is 0 Å². The molecule has 4 rings (SSSR count). The fourth-order valence-corrected chi connectivity index (χ4v) is 4.16. The number of anilines is 1. The molecule has 2 heteroatoms. The lowest BCUT2D eigenvalue weighted by Gasteiger charge is -2.38. The summed E-state index contributed by atoms with van der Waals surface area (Å²) < 4.78 is 6.14. The maximum atomic E-state index is 6.14. The minimum absolute atomic E-state index is 0.330. The molecule has 3 atom stereocenters. The smallest absolute Gasteiger partial charge is 0.142 e. The average molecular weight is 333 g/mol. The van der Waals surface area contributed by atoms with E-state index in [2.05, 4.69) is 80.7 Å². The molecule has 0 saturated heterocycles. The van der Waals surface area contributed by atoms with Crippen molar-refractivity contribution in [2.24, 2.45) is 11.8 Å². The lowest BCUT2D eigenvalue weighted by Crippen LogP contribution is -2.29. The van der Waals surface area contributed by atoms with E-state index in [0.717, 1.165) is 18.8 Å². The van der Waals surface area contributed by atoms with E-state index in [9.17, 15) is 0 Å². The topological polar surface area (TPSA) is 21.3 Å². The highest BCUT2D eigenvalue weighted by atomic mass is 16.5. The number of allylic oxidation sites excluding steroid dienone is 2. The normalized spacial score (nSPS) is 23.9. The molecule has 0 radical (unpaired) electrons. The third kappa shape index (κ3) is 3.06. The van der Waals surface area contributed by atoms with Gasteiger partial charge >= 0.3 is 0 Å². The second-order valence-corrected chi connectivity index (χ2v) is 7.81. The summed E-state index contributed by atoms with van der Waals surface area (Å²) in [5, 5.41) is 3.84. The number of aryl methyl sites for hydroxylation is 1. The molecule has 0 amide bonds. The Hall–Kier alpha value is -2.22. The van der Waals surface area contributed by atoms with E-state index in [0.29, 0.717) is 23.8 Å². The minimum atomic E-state index is 0.330. The predicted molar refractivity (Wildman–Crippen MR) is 104 cm³/mol. The zero-order chi connectivity index (χ0) is 17.4. The Labute approximate surface area is 150 Å². The van der Waals surface area contributed by atoms with E-state index in [1.165, 1.54) is 22.4 Å². The summed E-state index contributed by atoms with van der Waals surface area (Å²) in [5.74, 6) is 2.56. The number of rotatable bonds is 4. The quantitative estimate of drug-likeness (QED) is 0.708. The van der Waals surface area contributed by atoms with E-state index in [-0.39, 0.29) is 0 Å². The van der Waals surface area contributed by atoms with Crippen molar-refractivity contribution < 1.29 is 4.74 Å². The monoisotopic (exact) mass is 333 g/mol. The van der Waals surface area contributed by atoms with Gasteiger partial charge in [-0.3, -0.25) is 0 Å². The second kappa shape index (κ2) is 6.59. The fourth-order valence-electron chi connectivity index (χ4n) is 4.16. The van der Waals surface area contributed by atoms with Crippen molar-refractivity contribution >= 4 is 5.69 Å². The molecule has 0 aromatic heterocycles. The molecule has 0 saturated carbocycles. The van der Waals surface area contributed by atoms with E-state index >= 15 is 0 Å². The number of hydrogen-bond donors (Lipinski definition) is 1. The van der Waals surface area contributed by atoms with E-state index < -0.39 is 0 Å². The summed E-state index contributed by atoms with van der Waals surface area (Å²) in [7, 11) is 0. The van der Waals surface area contributed by atoms with Gasteiger partial charge in [-0.2, -0.15) is 0 Å². The van der Waals surface area contributed by atoms with E-state index in [4.69, 9.17) is 4.74 Å². The van der Waals surface area contributed by atoms with Gasteiger partial charge in [-0.25, -0.2) is 0 Å². The van der Waals surface area contributed by atoms with Crippen molar-refractivity contribution in [2.75, 3.05) is 11.9 Å². The van der Waals surface area contributed by atoms with Gasteiger partial charge in [0.25, 0.3) is 0 Å². The van der Waals surface area contributed by atoms with Crippen LogP contribution >= 0.6 is 0 Å². The van der Waals surface area contributed by atoms with Crippen LogP contribution < -0.4 is 10.1 Å². The van der Waals surface area contributed by atoms with Crippen LogP contribution in [0.3, 0.4) is 0 Å². The first-order valence-corrected chi connectivity index (χ1v) is 9.39. The van der Waals surface area contributed by atoms with Crippen LogP contribution in [0.25, 0.3) is 0 Å². The molecule has 2 aromatic rings. The highest BCUT2D eigenvalue weighted by molar-refractivity contribution is 5.67. The lowest BCUT2D eigenvalue weighted by molar-refractivity contribution is 0.270. The molecule has 1 aliphatic heterocycles. The van der Waals surface area contributed by atoms with Gasteiger partial charge < -0.3 is 10.1 Å². The maximum Gasteiger partial charge on any atom is 0.142 e. The van der Waals surface area contributed by atoms with Crippen LogP contribution in [-0.4, -0.2) is 6.61 Å². The Bertz CT molecular complexity index is 792. The third-order valence-corrected chi connectivity index (χ3v) is 5.33. The van der Waals surface area contributed by atoms with E-state index in [1.54, 1.807) is 0 Å². The number of fused-ring (bicyclic) bond motifs is 3. The molecule has 0 bridgehead atoms. The first kappa shape index (κ1) is 16.3. The summed E-state index contributed by atoms with van der Waals surface area (Å²) in [6.07, 6.45) is 5.86. The first-order chi connectivity index (χ1) is 12.1. The highest BCUT2D eigenvalue weighted by Crippen LogP contribution is 2.52. The molecule has 1 heterocycles. The summed E-state index contributed by atoms with van der Waals surface area (Å²) in [5.41, 5.74) is 5.26. The zero-order valence-electron chi connectivity index (χ0n) is 15.3. The van der Waals surface area contributed by atoms with Crippen molar-refractivity contribution in [3.05, 3.63) is 71.3 Å². The lowest BCUT2D eigenvalue weighted by atomic mass is 9.76. The van der Waals surface area contributed by atoms with Crippen molar-refractivity contribution in [1.82, 2.24) is 0 Å². The molecule has 0 spiro atoms. The van der Waals surface area contributed by atoms with E-state index in [1.807, 2.05) is 0 Å². The standard InChI is InChI=1S/C23H27NO/c1-15(2)14-25-21-12-6-11-20-18-9-5-10-19(18)22(24-23(20)21)17-8-4-7-16(3)13-17/h4-9,11-13,15,18-19,22,24H,10,14H2,1-3H3. The second-order valence-electron chi connectivity index (χ2n) is 7.81. The molecular weight excluding hydrogens is 306 g/mol. The molecule has 2 aliphatic rings. The molecule has 1 N–H and O–H groups in total. The van der Waals surface area contributed by atoms with Gasteiger partial charge in [-0.1, -0.05) is 68.0 Å². The molecule has 0 fully saturated rings. The zero-order valence-corrected chi connectivity index (χ0v) is 15.3. The van der Waals surface area contributed by atoms with Crippen molar-refractivity contribution in [3.63, 3.8) is 0 Å². The largest absolute Gasteiger partial charge is 0.491 e. The fraction of sp³-hybridized carbons (Fsp3) is 0.391.